The van der Waals surface area contributed by atoms with E-state index < -0.39 is 0 Å². The van der Waals surface area contributed by atoms with E-state index in [-0.39, 0.29) is 20.1 Å². The van der Waals surface area contributed by atoms with Crippen LogP contribution >= 0.6 is 0 Å². The average Bonchev–Trinajstić information content (AvgIpc) is 3.60. The second-order valence-electron chi connectivity index (χ2n) is 8.01. The molecule has 0 saturated carbocycles. The first kappa shape index (κ1) is 24.2. The standard InChI is InChI=1S/C20H12N3O.C11H8N.Ir/c1-2-5-15(6-3-1)22-11-12-23(14-22)16-8-9-17-18-7-4-10-21-20(18)24-19(17)13-16;1-2-6-10(7-3-1)11-8-4-5-9-12-11;/h1-12H;1-6,8-9H;/q+1;-1;. The molecule has 37 heavy (non-hydrogen) atoms. The molecule has 7 rings (SSSR count). The van der Waals surface area contributed by atoms with Gasteiger partial charge in [-0.15, -0.1) is 35.9 Å². The summed E-state index contributed by atoms with van der Waals surface area (Å²) in [5, 5.41) is 2.02. The zero-order valence-corrected chi connectivity index (χ0v) is 22.0. The minimum Gasteiger partial charge on any atom is -0.465 e. The summed E-state index contributed by atoms with van der Waals surface area (Å²) in [4.78, 5) is 8.48. The Hall–Kier alpha value is -4.47. The fraction of sp³-hybridized carbons (Fsp3) is 0. The minimum atomic E-state index is 0. The van der Waals surface area contributed by atoms with Crippen molar-refractivity contribution in [3.63, 3.8) is 0 Å². The number of benzene rings is 3. The van der Waals surface area contributed by atoms with Crippen molar-refractivity contribution < 1.29 is 33.7 Å². The number of fused-ring (bicyclic) bond motifs is 3. The molecule has 3 aromatic carbocycles. The molecule has 0 spiro atoms. The summed E-state index contributed by atoms with van der Waals surface area (Å²) >= 11 is 0. The van der Waals surface area contributed by atoms with Crippen LogP contribution in [0.25, 0.3) is 33.3 Å². The molecule has 0 atom stereocenters. The van der Waals surface area contributed by atoms with E-state index in [0.29, 0.717) is 11.3 Å². The van der Waals surface area contributed by atoms with Crippen molar-refractivity contribution in [1.29, 1.82) is 0 Å². The first-order valence-electron chi connectivity index (χ1n) is 11.5. The quantitative estimate of drug-likeness (QED) is 0.153. The van der Waals surface area contributed by atoms with Crippen LogP contribution in [0.1, 0.15) is 0 Å². The first-order valence-corrected chi connectivity index (χ1v) is 11.5. The van der Waals surface area contributed by atoms with Gasteiger partial charge in [-0.05, 0) is 23.2 Å². The van der Waals surface area contributed by atoms with Crippen molar-refractivity contribution in [2.75, 3.05) is 0 Å². The smallest absolute Gasteiger partial charge is 0.465 e. The van der Waals surface area contributed by atoms with Crippen LogP contribution in [-0.2, 0) is 20.1 Å². The zero-order valence-electron chi connectivity index (χ0n) is 19.6. The number of hydrogen-bond acceptors (Lipinski definition) is 3. The molecule has 0 amide bonds. The summed E-state index contributed by atoms with van der Waals surface area (Å²) in [7, 11) is 0. The van der Waals surface area contributed by atoms with Crippen LogP contribution in [-0.4, -0.2) is 25.1 Å². The minimum absolute atomic E-state index is 0. The van der Waals surface area contributed by atoms with Crippen molar-refractivity contribution >= 4 is 39.5 Å². The van der Waals surface area contributed by atoms with E-state index in [1.807, 2.05) is 119 Å². The molecule has 6 heteroatoms. The Labute approximate surface area is 227 Å². The molecule has 0 saturated heterocycles. The summed E-state index contributed by atoms with van der Waals surface area (Å²) < 4.78 is 9.64. The number of para-hydroxylation sites is 1. The van der Waals surface area contributed by atoms with E-state index in [2.05, 4.69) is 28.1 Å². The molecule has 5 nitrogen and oxygen atoms in total. The van der Waals surface area contributed by atoms with Gasteiger partial charge < -0.3 is 9.40 Å². The van der Waals surface area contributed by atoms with Crippen LogP contribution in [0.5, 0.6) is 0 Å². The Morgan fingerprint density at radius 3 is 2.32 bits per heavy atom. The van der Waals surface area contributed by atoms with Gasteiger partial charge in [0.25, 0.3) is 12.4 Å². The Kier molecular flexibility index (Phi) is 7.25. The normalized spacial score (nSPS) is 11.9. The molecular formula is C31H20IrN4O. The van der Waals surface area contributed by atoms with E-state index in [4.69, 9.17) is 4.42 Å². The number of rotatable bonds is 3. The van der Waals surface area contributed by atoms with Crippen LogP contribution in [0.2, 0.25) is 0 Å². The van der Waals surface area contributed by atoms with E-state index in [0.717, 1.165) is 33.4 Å². The van der Waals surface area contributed by atoms with Gasteiger partial charge in [-0.2, -0.15) is 6.07 Å². The largest absolute Gasteiger partial charge is 0.499 e. The average molecular weight is 657 g/mol. The first-order chi connectivity index (χ1) is 17.8. The summed E-state index contributed by atoms with van der Waals surface area (Å²) in [5.74, 6) is 0. The van der Waals surface area contributed by atoms with Gasteiger partial charge in [-0.1, -0.05) is 63.1 Å². The van der Waals surface area contributed by atoms with E-state index in [1.54, 1.807) is 12.4 Å². The van der Waals surface area contributed by atoms with Gasteiger partial charge in [0.15, 0.2) is 0 Å². The Balaban J connectivity index is 0.000000183. The van der Waals surface area contributed by atoms with Gasteiger partial charge in [-0.3, -0.25) is 0 Å². The van der Waals surface area contributed by atoms with Gasteiger partial charge in [0.1, 0.15) is 5.69 Å². The van der Waals surface area contributed by atoms with Crippen LogP contribution < -0.4 is 0 Å². The van der Waals surface area contributed by atoms with Crippen molar-refractivity contribution in [1.82, 2.24) is 9.97 Å². The fourth-order valence-electron chi connectivity index (χ4n) is 3.93. The third-order valence-corrected chi connectivity index (χ3v) is 5.68. The van der Waals surface area contributed by atoms with Crippen molar-refractivity contribution in [2.45, 2.75) is 0 Å². The molecule has 179 valence electrons. The molecular weight excluding hydrogens is 637 g/mol. The Morgan fingerprint density at radius 1 is 0.703 bits per heavy atom. The van der Waals surface area contributed by atoms with Crippen LogP contribution in [0.3, 0.4) is 0 Å². The molecule has 1 aliphatic rings. The molecule has 3 aromatic heterocycles. The maximum absolute atomic E-state index is 5.81. The predicted octanol–water partition coefficient (Wildman–Crippen LogP) is 6.97. The van der Waals surface area contributed by atoms with Crippen molar-refractivity contribution in [3.05, 3.63) is 134 Å². The molecule has 1 aliphatic heterocycles. The number of pyridine rings is 2. The molecule has 0 unspecified atom stereocenters. The number of furan rings is 1. The molecule has 1 radical (unpaired) electrons. The summed E-state index contributed by atoms with van der Waals surface area (Å²) in [6.45, 7) is 0. The Morgan fingerprint density at radius 2 is 1.51 bits per heavy atom. The predicted molar refractivity (Wildman–Crippen MR) is 139 cm³/mol. The van der Waals surface area contributed by atoms with Crippen molar-refractivity contribution in [3.8, 4) is 11.3 Å². The van der Waals surface area contributed by atoms with Gasteiger partial charge in [0.2, 0.25) is 11.4 Å². The molecule has 0 aliphatic carbocycles. The topological polar surface area (TPSA) is 44.9 Å². The van der Waals surface area contributed by atoms with Crippen LogP contribution in [0, 0.1) is 12.1 Å². The zero-order chi connectivity index (χ0) is 24.2. The summed E-state index contributed by atoms with van der Waals surface area (Å²) in [6, 6.07) is 41.5. The van der Waals surface area contributed by atoms with Gasteiger partial charge >= 0.3 is 6.01 Å². The number of hydrogen-bond donors (Lipinski definition) is 0. The fourth-order valence-corrected chi connectivity index (χ4v) is 3.93. The third kappa shape index (κ3) is 5.23. The maximum Gasteiger partial charge on any atom is 0.499 e. The second kappa shape index (κ2) is 11.1. The summed E-state index contributed by atoms with van der Waals surface area (Å²) in [6.07, 6.45) is 7.43. The number of aromatic nitrogens is 2. The monoisotopic (exact) mass is 657 g/mol. The van der Waals surface area contributed by atoms with E-state index >= 15 is 0 Å². The van der Waals surface area contributed by atoms with Gasteiger partial charge in [-0.25, -0.2) is 4.98 Å². The maximum atomic E-state index is 5.81. The molecule has 4 heterocycles. The molecule has 0 bridgehead atoms. The van der Waals surface area contributed by atoms with Gasteiger partial charge in [0.05, 0.1) is 0 Å². The van der Waals surface area contributed by atoms with E-state index in [9.17, 15) is 0 Å². The van der Waals surface area contributed by atoms with E-state index in [1.165, 1.54) is 0 Å². The Bertz CT molecular complexity index is 1720. The SMILES string of the molecule is C1=[N+](c2[c-]c3oc4ncccc4c3cc2)C=C[N+]=1c1ccccc1.[Ir].[c-]1ccccc1-c1ccccn1. The van der Waals surface area contributed by atoms with Gasteiger partial charge in [0, 0.05) is 50.2 Å². The second-order valence-corrected chi connectivity index (χ2v) is 8.01. The molecule has 0 fully saturated rings. The van der Waals surface area contributed by atoms with Crippen LogP contribution in [0.15, 0.2) is 126 Å². The molecule has 6 aromatic rings. The summed E-state index contributed by atoms with van der Waals surface area (Å²) in [5.41, 5.74) is 5.28. The van der Waals surface area contributed by atoms with Crippen LogP contribution in [0.4, 0.5) is 11.4 Å². The van der Waals surface area contributed by atoms with Crippen molar-refractivity contribution in [2.24, 2.45) is 0 Å². The number of nitrogens with zero attached hydrogens (tertiary/aromatic N) is 4. The third-order valence-electron chi connectivity index (χ3n) is 5.68. The molecule has 0 N–H and O–H groups in total.